The first kappa shape index (κ1) is 14.3. The molecule has 1 unspecified atom stereocenters. The molecule has 0 aliphatic rings. The second kappa shape index (κ2) is 6.26. The lowest BCUT2D eigenvalue weighted by molar-refractivity contribution is 0.271. The maximum absolute atomic E-state index is 9.33. The molecule has 0 bridgehead atoms. The van der Waals surface area contributed by atoms with Gasteiger partial charge in [0.2, 0.25) is 0 Å². The van der Waals surface area contributed by atoms with Gasteiger partial charge in [-0.15, -0.1) is 0 Å². The molecule has 0 aromatic heterocycles. The highest BCUT2D eigenvalue weighted by molar-refractivity contribution is 9.10. The van der Waals surface area contributed by atoms with Crippen molar-refractivity contribution in [2.45, 2.75) is 26.2 Å². The first-order valence-corrected chi connectivity index (χ1v) is 6.44. The number of ether oxygens (including phenoxy) is 2. The summed E-state index contributed by atoms with van der Waals surface area (Å²) in [5.74, 6) is 1.54. The van der Waals surface area contributed by atoms with E-state index < -0.39 is 0 Å². The predicted octanol–water partition coefficient (Wildman–Crippen LogP) is 3.12. The lowest BCUT2D eigenvalue weighted by atomic mass is 9.93. The van der Waals surface area contributed by atoms with Crippen molar-refractivity contribution in [3.05, 3.63) is 21.7 Å². The van der Waals surface area contributed by atoms with Gasteiger partial charge >= 0.3 is 0 Å². The number of benzene rings is 1. The average molecular weight is 303 g/mol. The Kier molecular flexibility index (Phi) is 5.28. The topological polar surface area (TPSA) is 38.7 Å². The Morgan fingerprint density at radius 3 is 2.41 bits per heavy atom. The van der Waals surface area contributed by atoms with Gasteiger partial charge in [0.1, 0.15) is 0 Å². The third-order valence-electron chi connectivity index (χ3n) is 2.88. The molecule has 3 nitrogen and oxygen atoms in total. The van der Waals surface area contributed by atoms with Gasteiger partial charge < -0.3 is 14.6 Å². The number of methoxy groups -OCH3 is 2. The van der Waals surface area contributed by atoms with Crippen molar-refractivity contribution < 1.29 is 14.6 Å². The highest BCUT2D eigenvalue weighted by Crippen LogP contribution is 2.41. The van der Waals surface area contributed by atoms with Crippen LogP contribution in [-0.2, 0) is 6.42 Å². The Morgan fingerprint density at radius 1 is 1.35 bits per heavy atom. The van der Waals surface area contributed by atoms with Gasteiger partial charge in [-0.05, 0) is 18.1 Å². The molecule has 0 aliphatic carbocycles. The summed E-state index contributed by atoms with van der Waals surface area (Å²) in [6.07, 6.45) is 0.832. The Bertz CT molecular complexity index is 391. The Morgan fingerprint density at radius 2 is 2.00 bits per heavy atom. The van der Waals surface area contributed by atoms with Crippen LogP contribution in [0.5, 0.6) is 11.5 Å². The van der Waals surface area contributed by atoms with E-state index in [0.29, 0.717) is 5.75 Å². The molecule has 17 heavy (non-hydrogen) atoms. The number of hydrogen-bond acceptors (Lipinski definition) is 3. The monoisotopic (exact) mass is 302 g/mol. The maximum atomic E-state index is 9.33. The van der Waals surface area contributed by atoms with Crippen LogP contribution in [-0.4, -0.2) is 25.9 Å². The molecule has 96 valence electrons. The molecule has 1 aromatic rings. The van der Waals surface area contributed by atoms with Crippen LogP contribution in [0.2, 0.25) is 0 Å². The fraction of sp³-hybridized carbons (Fsp3) is 0.538. The summed E-state index contributed by atoms with van der Waals surface area (Å²) in [7, 11) is 3.26. The molecule has 0 spiro atoms. The third-order valence-corrected chi connectivity index (χ3v) is 3.54. The van der Waals surface area contributed by atoms with E-state index in [1.807, 2.05) is 13.0 Å². The molecule has 0 heterocycles. The summed E-state index contributed by atoms with van der Waals surface area (Å²) in [5, 5.41) is 9.33. The number of halogens is 1. The van der Waals surface area contributed by atoms with Gasteiger partial charge in [-0.1, -0.05) is 29.8 Å². The fourth-order valence-corrected chi connectivity index (χ4v) is 2.86. The molecular formula is C13H19BrO3. The minimum Gasteiger partial charge on any atom is -0.493 e. The van der Waals surface area contributed by atoms with Crippen LogP contribution in [0, 0.1) is 0 Å². The molecule has 0 fully saturated rings. The van der Waals surface area contributed by atoms with Gasteiger partial charge in [-0.2, -0.15) is 0 Å². The van der Waals surface area contributed by atoms with Gasteiger partial charge in [-0.25, -0.2) is 0 Å². The second-order valence-corrected chi connectivity index (χ2v) is 4.78. The van der Waals surface area contributed by atoms with Crippen LogP contribution in [0.1, 0.15) is 30.9 Å². The average Bonchev–Trinajstić information content (AvgIpc) is 2.36. The smallest absolute Gasteiger partial charge is 0.164 e. The van der Waals surface area contributed by atoms with Crippen molar-refractivity contribution in [3.63, 3.8) is 0 Å². The van der Waals surface area contributed by atoms with Gasteiger partial charge in [0, 0.05) is 22.6 Å². The molecule has 1 rings (SSSR count). The summed E-state index contributed by atoms with van der Waals surface area (Å²) in [6, 6.07) is 1.89. The third kappa shape index (κ3) is 2.75. The van der Waals surface area contributed by atoms with E-state index in [-0.39, 0.29) is 12.5 Å². The van der Waals surface area contributed by atoms with E-state index >= 15 is 0 Å². The second-order valence-electron chi connectivity index (χ2n) is 3.92. The summed E-state index contributed by atoms with van der Waals surface area (Å²) in [5.41, 5.74) is 2.17. The molecular weight excluding hydrogens is 284 g/mol. The van der Waals surface area contributed by atoms with E-state index in [0.717, 1.165) is 27.8 Å². The molecule has 0 aliphatic heterocycles. The number of hydrogen-bond donors (Lipinski definition) is 1. The van der Waals surface area contributed by atoms with Gasteiger partial charge in [0.15, 0.2) is 11.5 Å². The van der Waals surface area contributed by atoms with E-state index in [4.69, 9.17) is 9.47 Å². The standard InChI is InChI=1S/C13H19BrO3/c1-5-9-12(8(2)7-15)10(14)6-11(16-3)13(9)17-4/h6,8,15H,5,7H2,1-4H3. The summed E-state index contributed by atoms with van der Waals surface area (Å²) < 4.78 is 11.7. The van der Waals surface area contributed by atoms with Gasteiger partial charge in [-0.3, -0.25) is 0 Å². The molecule has 1 N–H and O–H groups in total. The van der Waals surface area contributed by atoms with E-state index in [1.165, 1.54) is 0 Å². The lowest BCUT2D eigenvalue weighted by Crippen LogP contribution is -2.07. The predicted molar refractivity (Wildman–Crippen MR) is 72.1 cm³/mol. The van der Waals surface area contributed by atoms with Crippen molar-refractivity contribution in [2.75, 3.05) is 20.8 Å². The molecule has 1 aromatic carbocycles. The van der Waals surface area contributed by atoms with Crippen LogP contribution in [0.4, 0.5) is 0 Å². The first-order chi connectivity index (χ1) is 8.10. The summed E-state index contributed by atoms with van der Waals surface area (Å²) in [4.78, 5) is 0. The number of aliphatic hydroxyl groups is 1. The largest absolute Gasteiger partial charge is 0.493 e. The van der Waals surface area contributed by atoms with Crippen LogP contribution in [0.25, 0.3) is 0 Å². The summed E-state index contributed by atoms with van der Waals surface area (Å²) >= 11 is 3.54. The van der Waals surface area contributed by atoms with E-state index in [2.05, 4.69) is 22.9 Å². The lowest BCUT2D eigenvalue weighted by Gasteiger charge is -2.20. The molecule has 0 amide bonds. The van der Waals surface area contributed by atoms with Crippen molar-refractivity contribution >= 4 is 15.9 Å². The molecule has 4 heteroatoms. The highest BCUT2D eigenvalue weighted by Gasteiger charge is 2.20. The minimum atomic E-state index is 0.0686. The zero-order chi connectivity index (χ0) is 13.0. The SMILES string of the molecule is CCc1c(OC)c(OC)cc(Br)c1C(C)CO. The zero-order valence-corrected chi connectivity index (χ0v) is 12.3. The highest BCUT2D eigenvalue weighted by atomic mass is 79.9. The first-order valence-electron chi connectivity index (χ1n) is 5.64. The van der Waals surface area contributed by atoms with Gasteiger partial charge in [0.25, 0.3) is 0 Å². The number of aliphatic hydroxyl groups excluding tert-OH is 1. The van der Waals surface area contributed by atoms with Crippen LogP contribution in [0.15, 0.2) is 10.5 Å². The van der Waals surface area contributed by atoms with Gasteiger partial charge in [0.05, 0.1) is 14.2 Å². The van der Waals surface area contributed by atoms with E-state index in [1.54, 1.807) is 14.2 Å². The molecule has 0 saturated heterocycles. The fourth-order valence-electron chi connectivity index (χ4n) is 2.02. The molecule has 1 atom stereocenters. The van der Waals surface area contributed by atoms with Crippen LogP contribution >= 0.6 is 15.9 Å². The van der Waals surface area contributed by atoms with Crippen molar-refractivity contribution in [2.24, 2.45) is 0 Å². The van der Waals surface area contributed by atoms with Crippen molar-refractivity contribution in [1.29, 1.82) is 0 Å². The van der Waals surface area contributed by atoms with Crippen LogP contribution < -0.4 is 9.47 Å². The Balaban J connectivity index is 3.48. The van der Waals surface area contributed by atoms with Crippen molar-refractivity contribution in [3.8, 4) is 11.5 Å². The molecule has 0 radical (unpaired) electrons. The maximum Gasteiger partial charge on any atom is 0.164 e. The number of rotatable bonds is 5. The summed E-state index contributed by atoms with van der Waals surface area (Å²) in [6.45, 7) is 4.17. The Labute approximate surface area is 111 Å². The Hall–Kier alpha value is -0.740. The van der Waals surface area contributed by atoms with Crippen LogP contribution in [0.3, 0.4) is 0 Å². The molecule has 0 saturated carbocycles. The van der Waals surface area contributed by atoms with E-state index in [9.17, 15) is 5.11 Å². The quantitative estimate of drug-likeness (QED) is 0.908. The minimum absolute atomic E-state index is 0.0686. The van der Waals surface area contributed by atoms with Crippen molar-refractivity contribution in [1.82, 2.24) is 0 Å². The normalized spacial score (nSPS) is 12.4. The zero-order valence-electron chi connectivity index (χ0n) is 10.7.